The molecule has 0 saturated carbocycles. The maximum atomic E-state index is 12.3. The van der Waals surface area contributed by atoms with Gasteiger partial charge < -0.3 is 10.2 Å². The molecule has 1 aliphatic heterocycles. The number of rotatable bonds is 2. The third kappa shape index (κ3) is 1.99. The smallest absolute Gasteiger partial charge is 0.335 e. The van der Waals surface area contributed by atoms with E-state index in [9.17, 15) is 19.5 Å². The first-order valence-corrected chi connectivity index (χ1v) is 6.66. The molecule has 0 unspecified atom stereocenters. The van der Waals surface area contributed by atoms with E-state index >= 15 is 0 Å². The van der Waals surface area contributed by atoms with Crippen molar-refractivity contribution in [2.24, 2.45) is 0 Å². The van der Waals surface area contributed by atoms with Gasteiger partial charge in [0, 0.05) is 11.1 Å². The molecule has 0 bridgehead atoms. The lowest BCUT2D eigenvalue weighted by atomic mass is 9.93. The number of nitrogens with zero attached hydrogens (tertiary/aromatic N) is 1. The van der Waals surface area contributed by atoms with Crippen molar-refractivity contribution in [2.45, 2.75) is 25.7 Å². The summed E-state index contributed by atoms with van der Waals surface area (Å²) < 4.78 is 0. The van der Waals surface area contributed by atoms with Crippen molar-refractivity contribution < 1.29 is 24.6 Å². The van der Waals surface area contributed by atoms with Gasteiger partial charge in [0.25, 0.3) is 11.8 Å². The van der Waals surface area contributed by atoms with Crippen LogP contribution < -0.4 is 10.0 Å². The van der Waals surface area contributed by atoms with E-state index in [1.54, 1.807) is 0 Å². The number of anilines is 1. The van der Waals surface area contributed by atoms with Crippen LogP contribution in [0, 0.1) is 0 Å². The molecule has 0 atom stereocenters. The van der Waals surface area contributed by atoms with Gasteiger partial charge in [0.2, 0.25) is 0 Å². The Morgan fingerprint density at radius 2 is 1.67 bits per heavy atom. The number of carboxylic acid groups (broad SMARTS) is 1. The van der Waals surface area contributed by atoms with Crippen LogP contribution >= 0.6 is 0 Å². The summed E-state index contributed by atoms with van der Waals surface area (Å²) in [6, 6.07) is 3.47. The largest absolute Gasteiger partial charge is 0.872 e. The van der Waals surface area contributed by atoms with Gasteiger partial charge in [-0.05, 0) is 43.9 Å². The predicted molar refractivity (Wildman–Crippen MR) is 70.8 cm³/mol. The Bertz CT molecular complexity index is 676. The Hall–Kier alpha value is -2.63. The van der Waals surface area contributed by atoms with Crippen molar-refractivity contribution in [1.82, 2.24) is 0 Å². The first-order chi connectivity index (χ1) is 10.0. The molecule has 108 valence electrons. The second kappa shape index (κ2) is 4.73. The molecule has 2 amide bonds. The summed E-state index contributed by atoms with van der Waals surface area (Å²) in [7, 11) is 0. The van der Waals surface area contributed by atoms with E-state index in [-0.39, 0.29) is 11.3 Å². The fourth-order valence-corrected chi connectivity index (χ4v) is 2.80. The SMILES string of the molecule is O=C(O)c1ccc(N2C(=O)C3=C(CCCC3)C2=O)cc1[O-]. The summed E-state index contributed by atoms with van der Waals surface area (Å²) in [5, 5.41) is 20.6. The van der Waals surface area contributed by atoms with Crippen LogP contribution in [0.15, 0.2) is 29.3 Å². The van der Waals surface area contributed by atoms with Crippen LogP contribution in [0.25, 0.3) is 0 Å². The maximum Gasteiger partial charge on any atom is 0.335 e. The minimum Gasteiger partial charge on any atom is -0.872 e. The van der Waals surface area contributed by atoms with Gasteiger partial charge in [-0.25, -0.2) is 9.69 Å². The molecule has 0 radical (unpaired) electrons. The quantitative estimate of drug-likeness (QED) is 0.824. The lowest BCUT2D eigenvalue weighted by Crippen LogP contribution is -2.31. The lowest BCUT2D eigenvalue weighted by molar-refractivity contribution is -0.268. The average Bonchev–Trinajstić information content (AvgIpc) is 2.71. The molecule has 3 rings (SSSR count). The Labute approximate surface area is 120 Å². The van der Waals surface area contributed by atoms with Crippen LogP contribution in [0.1, 0.15) is 36.0 Å². The highest BCUT2D eigenvalue weighted by Crippen LogP contribution is 2.36. The van der Waals surface area contributed by atoms with Crippen LogP contribution in [0.4, 0.5) is 5.69 Å². The van der Waals surface area contributed by atoms with E-state index in [4.69, 9.17) is 5.11 Å². The molecule has 6 heteroatoms. The number of carbonyl (C=O) groups is 3. The molecule has 21 heavy (non-hydrogen) atoms. The van der Waals surface area contributed by atoms with Crippen molar-refractivity contribution in [3.63, 3.8) is 0 Å². The number of hydrogen-bond donors (Lipinski definition) is 1. The molecule has 1 N–H and O–H groups in total. The first kappa shape index (κ1) is 13.4. The molecule has 1 heterocycles. The second-order valence-corrected chi connectivity index (χ2v) is 5.10. The Balaban J connectivity index is 1.99. The monoisotopic (exact) mass is 286 g/mol. The van der Waals surface area contributed by atoms with Crippen molar-refractivity contribution >= 4 is 23.5 Å². The highest BCUT2D eigenvalue weighted by molar-refractivity contribution is 6.33. The van der Waals surface area contributed by atoms with E-state index in [1.165, 1.54) is 6.07 Å². The number of carboxylic acids is 1. The summed E-state index contributed by atoms with van der Waals surface area (Å²) in [5.41, 5.74) is 0.812. The molecule has 0 fully saturated rings. The van der Waals surface area contributed by atoms with Gasteiger partial charge in [-0.15, -0.1) is 0 Å². The molecule has 6 nitrogen and oxygen atoms in total. The van der Waals surface area contributed by atoms with E-state index in [2.05, 4.69) is 0 Å². The van der Waals surface area contributed by atoms with E-state index in [0.29, 0.717) is 24.0 Å². The fraction of sp³-hybridized carbons (Fsp3) is 0.267. The van der Waals surface area contributed by atoms with Crippen molar-refractivity contribution in [1.29, 1.82) is 0 Å². The normalized spacial score (nSPS) is 18.2. The van der Waals surface area contributed by atoms with Gasteiger partial charge in [0.15, 0.2) is 0 Å². The van der Waals surface area contributed by atoms with Crippen molar-refractivity contribution in [3.8, 4) is 5.75 Å². The number of amides is 2. The van der Waals surface area contributed by atoms with E-state index in [0.717, 1.165) is 29.9 Å². The van der Waals surface area contributed by atoms with Crippen molar-refractivity contribution in [3.05, 3.63) is 34.9 Å². The van der Waals surface area contributed by atoms with E-state index < -0.39 is 23.5 Å². The molecule has 0 aromatic heterocycles. The Morgan fingerprint density at radius 3 is 2.14 bits per heavy atom. The molecule has 1 aromatic carbocycles. The molecule has 2 aliphatic rings. The number of imide groups is 1. The molecule has 1 aliphatic carbocycles. The Kier molecular flexibility index (Phi) is 3.01. The van der Waals surface area contributed by atoms with Gasteiger partial charge >= 0.3 is 5.97 Å². The summed E-state index contributed by atoms with van der Waals surface area (Å²) in [6.07, 6.45) is 2.90. The fourth-order valence-electron chi connectivity index (χ4n) is 2.80. The van der Waals surface area contributed by atoms with Crippen LogP contribution in [-0.4, -0.2) is 22.9 Å². The average molecular weight is 286 g/mol. The van der Waals surface area contributed by atoms with Gasteiger partial charge in [-0.3, -0.25) is 9.59 Å². The lowest BCUT2D eigenvalue weighted by Gasteiger charge is -2.19. The van der Waals surface area contributed by atoms with Crippen molar-refractivity contribution in [2.75, 3.05) is 4.90 Å². The number of hydrogen-bond acceptors (Lipinski definition) is 4. The second-order valence-electron chi connectivity index (χ2n) is 5.10. The topological polar surface area (TPSA) is 97.7 Å². The first-order valence-electron chi connectivity index (χ1n) is 6.66. The number of benzene rings is 1. The summed E-state index contributed by atoms with van der Waals surface area (Å²) in [6.45, 7) is 0. The Morgan fingerprint density at radius 1 is 1.10 bits per heavy atom. The maximum absolute atomic E-state index is 12.3. The minimum absolute atomic E-state index is 0.134. The van der Waals surface area contributed by atoms with Gasteiger partial charge in [0.1, 0.15) is 0 Å². The molecular weight excluding hydrogens is 274 g/mol. The molecule has 1 aromatic rings. The third-order valence-corrected chi connectivity index (χ3v) is 3.84. The van der Waals surface area contributed by atoms with Crippen LogP contribution in [0.5, 0.6) is 5.75 Å². The standard InChI is InChI=1S/C15H13NO5/c17-12-7-8(5-6-11(12)15(20)21)16-13(18)9-3-1-2-4-10(9)14(16)19/h5-7,17H,1-4H2,(H,20,21)/p-1. The zero-order valence-corrected chi connectivity index (χ0v) is 11.1. The van der Waals surface area contributed by atoms with Gasteiger partial charge in [-0.1, -0.05) is 5.75 Å². The highest BCUT2D eigenvalue weighted by Gasteiger charge is 2.39. The minimum atomic E-state index is -1.33. The zero-order chi connectivity index (χ0) is 15.1. The van der Waals surface area contributed by atoms with Crippen LogP contribution in [0.3, 0.4) is 0 Å². The highest BCUT2D eigenvalue weighted by atomic mass is 16.4. The molecular formula is C15H12NO5-. The van der Waals surface area contributed by atoms with Crippen LogP contribution in [-0.2, 0) is 9.59 Å². The summed E-state index contributed by atoms with van der Waals surface area (Å²) in [5.74, 6) is -2.83. The molecule has 0 spiro atoms. The zero-order valence-electron chi connectivity index (χ0n) is 11.1. The predicted octanol–water partition coefficient (Wildman–Crippen LogP) is 1.20. The number of aromatic carboxylic acids is 1. The number of carbonyl (C=O) groups excluding carboxylic acids is 2. The van der Waals surface area contributed by atoms with Crippen LogP contribution in [0.2, 0.25) is 0 Å². The van der Waals surface area contributed by atoms with E-state index in [1.807, 2.05) is 0 Å². The summed E-state index contributed by atoms with van der Waals surface area (Å²) >= 11 is 0. The molecule has 0 saturated heterocycles. The summed E-state index contributed by atoms with van der Waals surface area (Å²) in [4.78, 5) is 36.4. The third-order valence-electron chi connectivity index (χ3n) is 3.84. The van der Waals surface area contributed by atoms with Gasteiger partial charge in [-0.2, -0.15) is 0 Å². The van der Waals surface area contributed by atoms with Gasteiger partial charge in [0.05, 0.1) is 11.3 Å².